The Morgan fingerprint density at radius 1 is 1.11 bits per heavy atom. The van der Waals surface area contributed by atoms with E-state index in [0.717, 1.165) is 12.1 Å². The van der Waals surface area contributed by atoms with E-state index in [9.17, 15) is 17.6 Å². The van der Waals surface area contributed by atoms with E-state index >= 15 is 0 Å². The molecule has 0 unspecified atom stereocenters. The highest BCUT2D eigenvalue weighted by Gasteiger charge is 2.35. The first kappa shape index (κ1) is 19.1. The van der Waals surface area contributed by atoms with Crippen molar-refractivity contribution < 1.29 is 17.6 Å². The van der Waals surface area contributed by atoms with E-state index in [-0.39, 0.29) is 0 Å². The number of aromatic amines is 1. The topological polar surface area (TPSA) is 66.5 Å². The zero-order valence-corrected chi connectivity index (χ0v) is 15.2. The van der Waals surface area contributed by atoms with Crippen LogP contribution in [0.25, 0.3) is 11.2 Å². The molecule has 5 nitrogen and oxygen atoms in total. The van der Waals surface area contributed by atoms with Gasteiger partial charge in [-0.2, -0.15) is 13.2 Å². The van der Waals surface area contributed by atoms with Crippen LogP contribution in [-0.2, 0) is 6.18 Å². The number of nitrogens with one attached hydrogen (secondary N) is 2. The fourth-order valence-corrected chi connectivity index (χ4v) is 2.93. The Hall–Kier alpha value is -2.71. The first-order valence-corrected chi connectivity index (χ1v) is 8.27. The third kappa shape index (κ3) is 3.86. The van der Waals surface area contributed by atoms with Crippen molar-refractivity contribution in [1.29, 1.82) is 0 Å². The molecule has 27 heavy (non-hydrogen) atoms. The summed E-state index contributed by atoms with van der Waals surface area (Å²) < 4.78 is 52.7. The SMILES string of the molecule is Cc1nc(N[C@H](c2ccc(C(F)(F)F)c(F)c2)C(C)(C)C)c2nc[nH]c2n1. The van der Waals surface area contributed by atoms with Crippen LogP contribution in [0.1, 0.15) is 43.8 Å². The molecule has 2 N–H and O–H groups in total. The van der Waals surface area contributed by atoms with Gasteiger partial charge in [-0.25, -0.2) is 19.3 Å². The second kappa shape index (κ2) is 6.47. The number of benzene rings is 1. The van der Waals surface area contributed by atoms with Crippen LogP contribution in [-0.4, -0.2) is 19.9 Å². The summed E-state index contributed by atoms with van der Waals surface area (Å²) in [7, 11) is 0. The molecule has 3 aromatic rings. The molecule has 0 bridgehead atoms. The maximum Gasteiger partial charge on any atom is 0.419 e. The Labute approximate surface area is 153 Å². The van der Waals surface area contributed by atoms with Crippen LogP contribution in [0.2, 0.25) is 0 Å². The molecule has 3 rings (SSSR count). The summed E-state index contributed by atoms with van der Waals surface area (Å²) >= 11 is 0. The number of H-pyrrole nitrogens is 1. The lowest BCUT2D eigenvalue weighted by atomic mass is 9.82. The Morgan fingerprint density at radius 3 is 2.41 bits per heavy atom. The number of hydrogen-bond acceptors (Lipinski definition) is 4. The van der Waals surface area contributed by atoms with Crippen LogP contribution in [0.4, 0.5) is 23.4 Å². The van der Waals surface area contributed by atoms with Gasteiger partial charge >= 0.3 is 6.18 Å². The van der Waals surface area contributed by atoms with Crippen molar-refractivity contribution in [3.05, 3.63) is 47.3 Å². The van der Waals surface area contributed by atoms with Gasteiger partial charge in [0.05, 0.1) is 17.9 Å². The number of fused-ring (bicyclic) bond motifs is 1. The Kier molecular flexibility index (Phi) is 4.57. The number of aryl methyl sites for hydroxylation is 1. The molecule has 1 aromatic carbocycles. The molecule has 0 aliphatic heterocycles. The summed E-state index contributed by atoms with van der Waals surface area (Å²) in [6.07, 6.45) is -3.26. The molecule has 2 aromatic heterocycles. The normalized spacial score (nSPS) is 13.8. The van der Waals surface area contributed by atoms with Gasteiger partial charge in [0.25, 0.3) is 0 Å². The number of anilines is 1. The number of rotatable bonds is 3. The van der Waals surface area contributed by atoms with E-state index in [1.807, 2.05) is 20.8 Å². The standard InChI is InChI=1S/C18H19F4N5/c1-9-25-15-13(23-8-24-15)16(26-9)27-14(17(2,3)4)10-5-6-11(12(19)7-10)18(20,21)22/h5-8,14H,1-4H3,(H2,23,24,25,26,27)/t14-/m1/s1. The van der Waals surface area contributed by atoms with Crippen molar-refractivity contribution in [2.45, 2.75) is 39.9 Å². The molecule has 0 saturated carbocycles. The Balaban J connectivity index is 2.05. The molecule has 0 aliphatic carbocycles. The lowest BCUT2D eigenvalue weighted by Gasteiger charge is -2.32. The molecule has 0 saturated heterocycles. The Bertz CT molecular complexity index is 972. The Morgan fingerprint density at radius 2 is 1.81 bits per heavy atom. The lowest BCUT2D eigenvalue weighted by molar-refractivity contribution is -0.140. The quantitative estimate of drug-likeness (QED) is 0.626. The van der Waals surface area contributed by atoms with E-state index < -0.39 is 29.0 Å². The van der Waals surface area contributed by atoms with E-state index in [1.54, 1.807) is 6.92 Å². The highest BCUT2D eigenvalue weighted by molar-refractivity contribution is 5.82. The van der Waals surface area contributed by atoms with E-state index in [0.29, 0.717) is 28.4 Å². The molecular formula is C18H19F4N5. The maximum absolute atomic E-state index is 14.1. The summed E-state index contributed by atoms with van der Waals surface area (Å²) in [5, 5.41) is 3.21. The van der Waals surface area contributed by atoms with E-state index in [1.165, 1.54) is 12.4 Å². The summed E-state index contributed by atoms with van der Waals surface area (Å²) in [5.74, 6) is -0.376. The van der Waals surface area contributed by atoms with Gasteiger partial charge in [0.1, 0.15) is 17.2 Å². The third-order valence-electron chi connectivity index (χ3n) is 4.17. The highest BCUT2D eigenvalue weighted by atomic mass is 19.4. The molecule has 0 amide bonds. The fraction of sp³-hybridized carbons (Fsp3) is 0.389. The number of nitrogens with zero attached hydrogens (tertiary/aromatic N) is 3. The van der Waals surface area contributed by atoms with Crippen molar-refractivity contribution in [3.8, 4) is 0 Å². The number of halogens is 4. The second-order valence-electron chi connectivity index (χ2n) is 7.40. The van der Waals surface area contributed by atoms with Gasteiger partial charge in [-0.05, 0) is 30.0 Å². The molecule has 0 fully saturated rings. The summed E-state index contributed by atoms with van der Waals surface area (Å²) in [4.78, 5) is 15.7. The number of imidazole rings is 1. The van der Waals surface area contributed by atoms with Crippen molar-refractivity contribution in [2.24, 2.45) is 5.41 Å². The van der Waals surface area contributed by atoms with Crippen LogP contribution in [0.3, 0.4) is 0 Å². The van der Waals surface area contributed by atoms with Gasteiger partial charge in [0, 0.05) is 0 Å². The van der Waals surface area contributed by atoms with E-state index in [4.69, 9.17) is 0 Å². The number of alkyl halides is 3. The van der Waals surface area contributed by atoms with Crippen LogP contribution < -0.4 is 5.32 Å². The van der Waals surface area contributed by atoms with Gasteiger partial charge in [0.2, 0.25) is 0 Å². The lowest BCUT2D eigenvalue weighted by Crippen LogP contribution is -2.27. The molecule has 9 heteroatoms. The maximum atomic E-state index is 14.1. The minimum Gasteiger partial charge on any atom is -0.361 e. The first-order valence-electron chi connectivity index (χ1n) is 8.27. The first-order chi connectivity index (χ1) is 12.5. The monoisotopic (exact) mass is 381 g/mol. The van der Waals surface area contributed by atoms with Gasteiger partial charge in [-0.3, -0.25) is 0 Å². The zero-order valence-electron chi connectivity index (χ0n) is 15.2. The molecule has 0 spiro atoms. The molecule has 144 valence electrons. The molecule has 2 heterocycles. The largest absolute Gasteiger partial charge is 0.419 e. The summed E-state index contributed by atoms with van der Waals surface area (Å²) in [6.45, 7) is 7.41. The third-order valence-corrected chi connectivity index (χ3v) is 4.17. The minimum absolute atomic E-state index is 0.382. The summed E-state index contributed by atoms with van der Waals surface area (Å²) in [5.41, 5.74) is -0.314. The van der Waals surface area contributed by atoms with Crippen molar-refractivity contribution in [3.63, 3.8) is 0 Å². The van der Waals surface area contributed by atoms with Gasteiger partial charge in [-0.1, -0.05) is 26.8 Å². The summed E-state index contributed by atoms with van der Waals surface area (Å²) in [6, 6.07) is 2.45. The predicted octanol–water partition coefficient (Wildman–Crippen LogP) is 5.02. The highest BCUT2D eigenvalue weighted by Crippen LogP contribution is 2.39. The van der Waals surface area contributed by atoms with Crippen LogP contribution in [0.15, 0.2) is 24.5 Å². The van der Waals surface area contributed by atoms with Crippen LogP contribution in [0, 0.1) is 18.2 Å². The van der Waals surface area contributed by atoms with Crippen LogP contribution >= 0.6 is 0 Å². The molecule has 0 radical (unpaired) electrons. The van der Waals surface area contributed by atoms with Gasteiger partial charge < -0.3 is 10.3 Å². The van der Waals surface area contributed by atoms with E-state index in [2.05, 4.69) is 25.3 Å². The average Bonchev–Trinajstić information content (AvgIpc) is 2.98. The average molecular weight is 381 g/mol. The van der Waals surface area contributed by atoms with Crippen molar-refractivity contribution in [1.82, 2.24) is 19.9 Å². The smallest absolute Gasteiger partial charge is 0.361 e. The predicted molar refractivity (Wildman–Crippen MR) is 93.6 cm³/mol. The minimum atomic E-state index is -4.74. The molecular weight excluding hydrogens is 362 g/mol. The van der Waals surface area contributed by atoms with Gasteiger partial charge in [-0.15, -0.1) is 0 Å². The number of hydrogen-bond donors (Lipinski definition) is 2. The van der Waals surface area contributed by atoms with Crippen molar-refractivity contribution in [2.75, 3.05) is 5.32 Å². The second-order valence-corrected chi connectivity index (χ2v) is 7.40. The molecule has 1 atom stereocenters. The molecule has 0 aliphatic rings. The fourth-order valence-electron chi connectivity index (χ4n) is 2.93. The van der Waals surface area contributed by atoms with Gasteiger partial charge in [0.15, 0.2) is 11.5 Å². The van der Waals surface area contributed by atoms with Crippen LogP contribution in [0.5, 0.6) is 0 Å². The van der Waals surface area contributed by atoms with Crippen molar-refractivity contribution >= 4 is 17.0 Å². The number of aromatic nitrogens is 4. The zero-order chi connectivity index (χ0) is 20.0.